The molecule has 0 aliphatic carbocycles. The number of rotatable bonds is 6. The average molecular weight is 317 g/mol. The fraction of sp³-hybridized carbons (Fsp3) is 0.533. The number of carbonyl (C=O) groups is 1. The summed E-state index contributed by atoms with van der Waals surface area (Å²) in [6.07, 6.45) is 1.59. The molecule has 1 rings (SSSR count). The van der Waals surface area contributed by atoms with Gasteiger partial charge in [0.15, 0.2) is 0 Å². The Bertz CT molecular complexity index is 463. The van der Waals surface area contributed by atoms with Crippen LogP contribution in [0.2, 0.25) is 10.0 Å². The summed E-state index contributed by atoms with van der Waals surface area (Å²) in [4.78, 5) is 14.2. The normalized spacial score (nSPS) is 12.6. The first-order chi connectivity index (χ1) is 9.36. The van der Waals surface area contributed by atoms with Gasteiger partial charge < -0.3 is 10.6 Å². The molecule has 0 aliphatic rings. The van der Waals surface area contributed by atoms with Crippen LogP contribution in [0.25, 0.3) is 0 Å². The monoisotopic (exact) mass is 316 g/mol. The zero-order valence-electron chi connectivity index (χ0n) is 12.2. The third kappa shape index (κ3) is 4.65. The number of hydrogen-bond donors (Lipinski definition) is 1. The van der Waals surface area contributed by atoms with Gasteiger partial charge in [0.05, 0.1) is 16.1 Å². The summed E-state index contributed by atoms with van der Waals surface area (Å²) >= 11 is 11.9. The van der Waals surface area contributed by atoms with Crippen LogP contribution in [0.4, 0.5) is 0 Å². The predicted molar refractivity (Wildman–Crippen MR) is 85.0 cm³/mol. The van der Waals surface area contributed by atoms with Crippen molar-refractivity contribution in [3.8, 4) is 0 Å². The molecule has 0 radical (unpaired) electrons. The second-order valence-corrected chi connectivity index (χ2v) is 6.02. The van der Waals surface area contributed by atoms with Gasteiger partial charge in [0.1, 0.15) is 0 Å². The molecule has 0 saturated carbocycles. The Kier molecular flexibility index (Phi) is 6.80. The van der Waals surface area contributed by atoms with Crippen molar-refractivity contribution in [3.05, 3.63) is 33.8 Å². The van der Waals surface area contributed by atoms with Gasteiger partial charge in [0.25, 0.3) is 0 Å². The number of nitrogens with zero attached hydrogens (tertiary/aromatic N) is 1. The first kappa shape index (κ1) is 17.3. The summed E-state index contributed by atoms with van der Waals surface area (Å²) < 4.78 is 0. The van der Waals surface area contributed by atoms with Crippen LogP contribution in [0.1, 0.15) is 39.2 Å². The summed E-state index contributed by atoms with van der Waals surface area (Å²) in [7, 11) is 0. The highest BCUT2D eigenvalue weighted by Crippen LogP contribution is 2.23. The van der Waals surface area contributed by atoms with Crippen LogP contribution in [0.3, 0.4) is 0 Å². The Labute approximate surface area is 131 Å². The first-order valence-corrected chi connectivity index (χ1v) is 7.62. The zero-order valence-corrected chi connectivity index (χ0v) is 13.7. The van der Waals surface area contributed by atoms with Gasteiger partial charge in [0.2, 0.25) is 5.91 Å². The molecule has 112 valence electrons. The standard InChI is InChI=1S/C15H22Cl2N2O/c1-4-5-14(18)15(20)19(10(2)3)9-11-6-7-12(16)13(17)8-11/h6-8,10,14H,4-5,9,18H2,1-3H3/t14-/m1/s1. The largest absolute Gasteiger partial charge is 0.335 e. The van der Waals surface area contributed by atoms with Crippen LogP contribution in [-0.4, -0.2) is 22.9 Å². The Morgan fingerprint density at radius 3 is 2.45 bits per heavy atom. The van der Waals surface area contributed by atoms with E-state index in [1.54, 1.807) is 17.0 Å². The van der Waals surface area contributed by atoms with Crippen LogP contribution >= 0.6 is 23.2 Å². The highest BCUT2D eigenvalue weighted by Gasteiger charge is 2.22. The van der Waals surface area contributed by atoms with Crippen molar-refractivity contribution >= 4 is 29.1 Å². The minimum Gasteiger partial charge on any atom is -0.335 e. The van der Waals surface area contributed by atoms with Crippen LogP contribution < -0.4 is 5.73 Å². The van der Waals surface area contributed by atoms with Crippen molar-refractivity contribution in [1.29, 1.82) is 0 Å². The number of halogens is 2. The van der Waals surface area contributed by atoms with Gasteiger partial charge >= 0.3 is 0 Å². The SMILES string of the molecule is CCC[C@@H](N)C(=O)N(Cc1ccc(Cl)c(Cl)c1)C(C)C. The van der Waals surface area contributed by atoms with Crippen molar-refractivity contribution < 1.29 is 4.79 Å². The van der Waals surface area contributed by atoms with E-state index in [1.807, 2.05) is 26.8 Å². The molecule has 1 atom stereocenters. The Balaban J connectivity index is 2.86. The van der Waals surface area contributed by atoms with E-state index < -0.39 is 6.04 Å². The predicted octanol–water partition coefficient (Wildman–Crippen LogP) is 3.86. The van der Waals surface area contributed by atoms with E-state index in [-0.39, 0.29) is 11.9 Å². The molecular weight excluding hydrogens is 295 g/mol. The van der Waals surface area contributed by atoms with E-state index in [0.29, 0.717) is 23.0 Å². The minimum atomic E-state index is -0.440. The molecule has 0 saturated heterocycles. The second kappa shape index (κ2) is 7.87. The van der Waals surface area contributed by atoms with Gasteiger partial charge in [-0.05, 0) is 38.0 Å². The van der Waals surface area contributed by atoms with E-state index in [2.05, 4.69) is 0 Å². The molecule has 1 aromatic carbocycles. The molecule has 0 aromatic heterocycles. The van der Waals surface area contributed by atoms with Gasteiger partial charge in [0, 0.05) is 12.6 Å². The van der Waals surface area contributed by atoms with E-state index in [0.717, 1.165) is 12.0 Å². The highest BCUT2D eigenvalue weighted by molar-refractivity contribution is 6.42. The third-order valence-corrected chi connectivity index (χ3v) is 3.90. The molecule has 5 heteroatoms. The van der Waals surface area contributed by atoms with Crippen molar-refractivity contribution in [2.75, 3.05) is 0 Å². The maximum atomic E-state index is 12.4. The number of nitrogens with two attached hydrogens (primary N) is 1. The fourth-order valence-electron chi connectivity index (χ4n) is 2.00. The fourth-order valence-corrected chi connectivity index (χ4v) is 2.32. The molecule has 2 N–H and O–H groups in total. The summed E-state index contributed by atoms with van der Waals surface area (Å²) in [6.45, 7) is 6.47. The molecule has 3 nitrogen and oxygen atoms in total. The molecule has 0 bridgehead atoms. The topological polar surface area (TPSA) is 46.3 Å². The maximum absolute atomic E-state index is 12.4. The lowest BCUT2D eigenvalue weighted by atomic mass is 10.1. The molecule has 0 spiro atoms. The molecule has 0 unspecified atom stereocenters. The maximum Gasteiger partial charge on any atom is 0.240 e. The lowest BCUT2D eigenvalue weighted by molar-refractivity contribution is -0.135. The van der Waals surface area contributed by atoms with E-state index in [9.17, 15) is 4.79 Å². The molecule has 20 heavy (non-hydrogen) atoms. The lowest BCUT2D eigenvalue weighted by Gasteiger charge is -2.29. The number of benzene rings is 1. The molecule has 1 amide bonds. The van der Waals surface area contributed by atoms with Gasteiger partial charge in [-0.1, -0.05) is 42.6 Å². The molecule has 0 aliphatic heterocycles. The summed E-state index contributed by atoms with van der Waals surface area (Å²) in [5.41, 5.74) is 6.88. The quantitative estimate of drug-likeness (QED) is 0.866. The molecular formula is C15H22Cl2N2O. The molecule has 0 fully saturated rings. The minimum absolute atomic E-state index is 0.0204. The summed E-state index contributed by atoms with van der Waals surface area (Å²) in [6, 6.07) is 5.05. The molecule has 0 heterocycles. The van der Waals surface area contributed by atoms with Crippen LogP contribution in [-0.2, 0) is 11.3 Å². The summed E-state index contributed by atoms with van der Waals surface area (Å²) in [5, 5.41) is 1.01. The van der Waals surface area contributed by atoms with E-state index in [4.69, 9.17) is 28.9 Å². The van der Waals surface area contributed by atoms with E-state index in [1.165, 1.54) is 0 Å². The van der Waals surface area contributed by atoms with Crippen molar-refractivity contribution in [3.63, 3.8) is 0 Å². The van der Waals surface area contributed by atoms with Crippen LogP contribution in [0.5, 0.6) is 0 Å². The van der Waals surface area contributed by atoms with Crippen molar-refractivity contribution in [1.82, 2.24) is 4.90 Å². The van der Waals surface area contributed by atoms with Gasteiger partial charge in [-0.3, -0.25) is 4.79 Å². The van der Waals surface area contributed by atoms with Crippen molar-refractivity contribution in [2.45, 2.75) is 52.2 Å². The van der Waals surface area contributed by atoms with E-state index >= 15 is 0 Å². The number of carbonyl (C=O) groups excluding carboxylic acids is 1. The zero-order chi connectivity index (χ0) is 15.3. The van der Waals surface area contributed by atoms with Gasteiger partial charge in [-0.15, -0.1) is 0 Å². The van der Waals surface area contributed by atoms with Crippen LogP contribution in [0.15, 0.2) is 18.2 Å². The highest BCUT2D eigenvalue weighted by atomic mass is 35.5. The van der Waals surface area contributed by atoms with Gasteiger partial charge in [-0.2, -0.15) is 0 Å². The Morgan fingerprint density at radius 2 is 1.95 bits per heavy atom. The molecule has 1 aromatic rings. The number of hydrogen-bond acceptors (Lipinski definition) is 2. The average Bonchev–Trinajstić information content (AvgIpc) is 2.39. The number of amides is 1. The van der Waals surface area contributed by atoms with Crippen molar-refractivity contribution in [2.24, 2.45) is 5.73 Å². The van der Waals surface area contributed by atoms with Crippen LogP contribution in [0, 0.1) is 0 Å². The summed E-state index contributed by atoms with van der Waals surface area (Å²) in [5.74, 6) is -0.0204. The third-order valence-electron chi connectivity index (χ3n) is 3.16. The first-order valence-electron chi connectivity index (χ1n) is 6.86. The lowest BCUT2D eigenvalue weighted by Crippen LogP contribution is -2.46. The Hall–Kier alpha value is -0.770. The Morgan fingerprint density at radius 1 is 1.30 bits per heavy atom. The smallest absolute Gasteiger partial charge is 0.240 e. The van der Waals surface area contributed by atoms with Gasteiger partial charge in [-0.25, -0.2) is 0 Å². The second-order valence-electron chi connectivity index (χ2n) is 5.20.